The first-order valence-electron chi connectivity index (χ1n) is 7.91. The van der Waals surface area contributed by atoms with Crippen molar-refractivity contribution < 1.29 is 14.3 Å². The molecule has 4 nitrogen and oxygen atoms in total. The third kappa shape index (κ3) is 3.82. The number of hydrogen-bond donors (Lipinski definition) is 1. The van der Waals surface area contributed by atoms with Gasteiger partial charge in [-0.2, -0.15) is 0 Å². The molecule has 1 aliphatic carbocycles. The maximum absolute atomic E-state index is 12.1. The van der Waals surface area contributed by atoms with E-state index < -0.39 is 0 Å². The number of ether oxygens (including phenoxy) is 2. The van der Waals surface area contributed by atoms with E-state index in [0.717, 1.165) is 17.9 Å². The zero-order valence-electron chi connectivity index (χ0n) is 13.5. The largest absolute Gasteiger partial charge is 0.493 e. The molecule has 1 amide bonds. The van der Waals surface area contributed by atoms with E-state index in [-0.39, 0.29) is 17.9 Å². The number of hydrogen-bond acceptors (Lipinski definition) is 3. The van der Waals surface area contributed by atoms with Crippen LogP contribution in [0.2, 0.25) is 5.02 Å². The minimum atomic E-state index is -0.144. The zero-order valence-corrected chi connectivity index (χ0v) is 14.3. The molecule has 1 aliphatic rings. The fraction of sp³-hybridized carbons (Fsp3) is 0.316. The van der Waals surface area contributed by atoms with Crippen LogP contribution in [0.3, 0.4) is 0 Å². The van der Waals surface area contributed by atoms with Gasteiger partial charge in [0.05, 0.1) is 7.11 Å². The predicted molar refractivity (Wildman–Crippen MR) is 93.9 cm³/mol. The minimum absolute atomic E-state index is 0.0188. The van der Waals surface area contributed by atoms with Gasteiger partial charge in [0.15, 0.2) is 18.1 Å². The Hall–Kier alpha value is -2.20. The van der Waals surface area contributed by atoms with Crippen LogP contribution in [0, 0.1) is 0 Å². The van der Waals surface area contributed by atoms with E-state index >= 15 is 0 Å². The van der Waals surface area contributed by atoms with Crippen molar-refractivity contribution in [1.82, 2.24) is 5.32 Å². The van der Waals surface area contributed by atoms with Gasteiger partial charge in [-0.25, -0.2) is 0 Å². The molecule has 1 N–H and O–H groups in total. The Morgan fingerprint density at radius 3 is 2.58 bits per heavy atom. The highest BCUT2D eigenvalue weighted by molar-refractivity contribution is 6.30. The molecule has 0 atom stereocenters. The summed E-state index contributed by atoms with van der Waals surface area (Å²) in [5.74, 6) is 1.03. The van der Waals surface area contributed by atoms with E-state index in [9.17, 15) is 4.79 Å². The first-order valence-corrected chi connectivity index (χ1v) is 8.29. The van der Waals surface area contributed by atoms with Gasteiger partial charge in [0.1, 0.15) is 0 Å². The van der Waals surface area contributed by atoms with Crippen LogP contribution in [0.25, 0.3) is 0 Å². The van der Waals surface area contributed by atoms with Gasteiger partial charge in [-0.1, -0.05) is 35.9 Å². The Labute approximate surface area is 146 Å². The van der Waals surface area contributed by atoms with Crippen molar-refractivity contribution >= 4 is 17.5 Å². The van der Waals surface area contributed by atoms with Gasteiger partial charge in [-0.15, -0.1) is 0 Å². The smallest absolute Gasteiger partial charge is 0.257 e. The summed E-state index contributed by atoms with van der Waals surface area (Å²) in [5.41, 5.74) is 1.20. The average Bonchev–Trinajstić information content (AvgIpc) is 3.39. The highest BCUT2D eigenvalue weighted by atomic mass is 35.5. The zero-order chi connectivity index (χ0) is 17.0. The second-order valence-corrected chi connectivity index (χ2v) is 6.44. The fourth-order valence-electron chi connectivity index (χ4n) is 2.74. The summed E-state index contributed by atoms with van der Waals surface area (Å²) >= 11 is 6.07. The summed E-state index contributed by atoms with van der Waals surface area (Å²) < 4.78 is 10.7. The number of rotatable bonds is 7. The van der Waals surface area contributed by atoms with Crippen molar-refractivity contribution in [3.8, 4) is 11.5 Å². The Balaban J connectivity index is 1.53. The van der Waals surface area contributed by atoms with Crippen LogP contribution in [-0.2, 0) is 10.2 Å². The van der Waals surface area contributed by atoms with E-state index in [2.05, 4.69) is 11.4 Å². The third-order valence-electron chi connectivity index (χ3n) is 4.34. The second kappa shape index (κ2) is 7.14. The third-order valence-corrected chi connectivity index (χ3v) is 4.58. The van der Waals surface area contributed by atoms with E-state index in [4.69, 9.17) is 21.1 Å². The number of para-hydroxylation sites is 2. The molecule has 2 aromatic rings. The van der Waals surface area contributed by atoms with E-state index in [1.165, 1.54) is 5.56 Å². The van der Waals surface area contributed by atoms with Gasteiger partial charge in [-0.05, 0) is 42.7 Å². The molecule has 3 rings (SSSR count). The van der Waals surface area contributed by atoms with E-state index in [1.54, 1.807) is 19.2 Å². The summed E-state index contributed by atoms with van der Waals surface area (Å²) in [6.45, 7) is 0.563. The highest BCUT2D eigenvalue weighted by Gasteiger charge is 2.44. The lowest BCUT2D eigenvalue weighted by atomic mass is 9.96. The van der Waals surface area contributed by atoms with Crippen molar-refractivity contribution in [2.24, 2.45) is 0 Å². The molecule has 0 aliphatic heterocycles. The van der Waals surface area contributed by atoms with Crippen molar-refractivity contribution in [3.63, 3.8) is 0 Å². The monoisotopic (exact) mass is 345 g/mol. The van der Waals surface area contributed by atoms with Crippen molar-refractivity contribution in [3.05, 3.63) is 59.1 Å². The number of benzene rings is 2. The van der Waals surface area contributed by atoms with Gasteiger partial charge < -0.3 is 14.8 Å². The normalized spacial score (nSPS) is 14.8. The molecule has 0 bridgehead atoms. The topological polar surface area (TPSA) is 47.6 Å². The van der Waals surface area contributed by atoms with Crippen molar-refractivity contribution in [2.45, 2.75) is 18.3 Å². The Bertz CT molecular complexity index is 728. The van der Waals surface area contributed by atoms with Crippen LogP contribution < -0.4 is 14.8 Å². The standard InChI is InChI=1S/C19H20ClNO3/c1-23-16-7-2-3-8-17(16)24-12-18(22)21-13-19(9-10-19)14-5-4-6-15(20)11-14/h2-8,11H,9-10,12-13H2,1H3,(H,21,22). The average molecular weight is 346 g/mol. The summed E-state index contributed by atoms with van der Waals surface area (Å²) in [4.78, 5) is 12.1. The number of carbonyl (C=O) groups excluding carboxylic acids is 1. The molecule has 126 valence electrons. The lowest BCUT2D eigenvalue weighted by Gasteiger charge is -2.17. The molecule has 0 heterocycles. The molecule has 2 aromatic carbocycles. The molecular weight excluding hydrogens is 326 g/mol. The molecule has 5 heteroatoms. The van der Waals surface area contributed by atoms with Gasteiger partial charge in [0.25, 0.3) is 5.91 Å². The lowest BCUT2D eigenvalue weighted by Crippen LogP contribution is -2.35. The first kappa shape index (κ1) is 16.7. The molecule has 24 heavy (non-hydrogen) atoms. The van der Waals surface area contributed by atoms with Crippen LogP contribution in [0.4, 0.5) is 0 Å². The van der Waals surface area contributed by atoms with E-state index in [0.29, 0.717) is 18.0 Å². The van der Waals surface area contributed by atoms with Gasteiger partial charge >= 0.3 is 0 Å². The maximum atomic E-state index is 12.1. The number of carbonyl (C=O) groups is 1. The number of nitrogens with one attached hydrogen (secondary N) is 1. The van der Waals surface area contributed by atoms with Crippen molar-refractivity contribution in [2.75, 3.05) is 20.3 Å². The second-order valence-electron chi connectivity index (χ2n) is 6.01. The Morgan fingerprint density at radius 2 is 1.92 bits per heavy atom. The van der Waals surface area contributed by atoms with Crippen LogP contribution in [0.1, 0.15) is 18.4 Å². The van der Waals surface area contributed by atoms with Gasteiger partial charge in [0, 0.05) is 17.0 Å². The molecule has 0 radical (unpaired) electrons. The van der Waals surface area contributed by atoms with E-state index in [1.807, 2.05) is 30.3 Å². The summed E-state index contributed by atoms with van der Waals surface area (Å²) in [6.07, 6.45) is 2.11. The van der Waals surface area contributed by atoms with Gasteiger partial charge in [0.2, 0.25) is 0 Å². The molecule has 1 saturated carbocycles. The Kier molecular flexibility index (Phi) is 4.95. The molecule has 0 unspecified atom stereocenters. The molecule has 0 saturated heterocycles. The van der Waals surface area contributed by atoms with Crippen LogP contribution in [0.15, 0.2) is 48.5 Å². The molecular formula is C19H20ClNO3. The van der Waals surface area contributed by atoms with Crippen LogP contribution in [0.5, 0.6) is 11.5 Å². The van der Waals surface area contributed by atoms with Crippen molar-refractivity contribution in [1.29, 1.82) is 0 Å². The lowest BCUT2D eigenvalue weighted by molar-refractivity contribution is -0.123. The summed E-state index contributed by atoms with van der Waals surface area (Å²) in [7, 11) is 1.57. The quantitative estimate of drug-likeness (QED) is 0.834. The SMILES string of the molecule is COc1ccccc1OCC(=O)NCC1(c2cccc(Cl)c2)CC1. The number of methoxy groups -OCH3 is 1. The van der Waals surface area contributed by atoms with Crippen LogP contribution >= 0.6 is 11.6 Å². The molecule has 0 spiro atoms. The summed E-state index contributed by atoms with van der Waals surface area (Å²) in [5, 5.41) is 3.69. The van der Waals surface area contributed by atoms with Gasteiger partial charge in [-0.3, -0.25) is 4.79 Å². The number of halogens is 1. The Morgan fingerprint density at radius 1 is 1.17 bits per heavy atom. The maximum Gasteiger partial charge on any atom is 0.257 e. The predicted octanol–water partition coefficient (Wildman–Crippen LogP) is 3.58. The fourth-order valence-corrected chi connectivity index (χ4v) is 2.93. The molecule has 1 fully saturated rings. The summed E-state index contributed by atoms with van der Waals surface area (Å²) in [6, 6.07) is 15.1. The minimum Gasteiger partial charge on any atom is -0.493 e. The van der Waals surface area contributed by atoms with Crippen LogP contribution in [-0.4, -0.2) is 26.2 Å². The first-order chi connectivity index (χ1) is 11.6. The highest BCUT2D eigenvalue weighted by Crippen LogP contribution is 2.48. The molecule has 0 aromatic heterocycles. The number of amides is 1.